The number of rotatable bonds is 7. The number of nitrogens with one attached hydrogen (secondary N) is 2. The molecule has 0 atom stereocenters. The van der Waals surface area contributed by atoms with Gasteiger partial charge in [0.15, 0.2) is 5.96 Å². The SMILES string of the molecule is CCNC(=NCCCN1CCC(C)CC1)NC1CCN(c2cccs2)CC1. The van der Waals surface area contributed by atoms with Crippen molar-refractivity contribution in [1.29, 1.82) is 0 Å². The lowest BCUT2D eigenvalue weighted by Crippen LogP contribution is -2.48. The van der Waals surface area contributed by atoms with Crippen LogP contribution in [0.2, 0.25) is 0 Å². The zero-order valence-corrected chi connectivity index (χ0v) is 17.9. The first-order valence-corrected chi connectivity index (χ1v) is 11.7. The molecule has 1 aromatic heterocycles. The summed E-state index contributed by atoms with van der Waals surface area (Å²) in [7, 11) is 0. The summed E-state index contributed by atoms with van der Waals surface area (Å²) in [6.45, 7) is 12.3. The fraction of sp³-hybridized carbons (Fsp3) is 0.762. The molecule has 2 N–H and O–H groups in total. The molecule has 5 nitrogen and oxygen atoms in total. The minimum Gasteiger partial charge on any atom is -0.363 e. The third-order valence-corrected chi connectivity index (χ3v) is 6.71. The van der Waals surface area contributed by atoms with Gasteiger partial charge in [0.2, 0.25) is 0 Å². The molecule has 0 saturated carbocycles. The number of guanidine groups is 1. The van der Waals surface area contributed by atoms with Gasteiger partial charge in [-0.1, -0.05) is 6.92 Å². The molecule has 1 aromatic rings. The van der Waals surface area contributed by atoms with Gasteiger partial charge in [-0.2, -0.15) is 0 Å². The molecule has 2 saturated heterocycles. The first kappa shape index (κ1) is 20.5. The molecule has 0 bridgehead atoms. The highest BCUT2D eigenvalue weighted by molar-refractivity contribution is 7.14. The Hall–Kier alpha value is -1.27. The van der Waals surface area contributed by atoms with Gasteiger partial charge >= 0.3 is 0 Å². The molecule has 0 spiro atoms. The van der Waals surface area contributed by atoms with Crippen LogP contribution in [-0.2, 0) is 0 Å². The second-order valence-corrected chi connectivity index (χ2v) is 8.92. The van der Waals surface area contributed by atoms with Crippen molar-refractivity contribution in [2.45, 2.75) is 52.0 Å². The number of aliphatic imine (C=N–C) groups is 1. The Labute approximate surface area is 169 Å². The van der Waals surface area contributed by atoms with Crippen LogP contribution in [0.1, 0.15) is 46.0 Å². The molecule has 2 aliphatic rings. The summed E-state index contributed by atoms with van der Waals surface area (Å²) in [5.74, 6) is 1.91. The maximum absolute atomic E-state index is 4.83. The van der Waals surface area contributed by atoms with Crippen LogP contribution in [0.5, 0.6) is 0 Å². The quantitative estimate of drug-likeness (QED) is 0.425. The van der Waals surface area contributed by atoms with E-state index >= 15 is 0 Å². The van der Waals surface area contributed by atoms with Gasteiger partial charge in [-0.15, -0.1) is 11.3 Å². The number of hydrogen-bond donors (Lipinski definition) is 2. The lowest BCUT2D eigenvalue weighted by atomic mass is 9.99. The van der Waals surface area contributed by atoms with Crippen molar-refractivity contribution in [2.24, 2.45) is 10.9 Å². The van der Waals surface area contributed by atoms with Crippen LogP contribution in [0.15, 0.2) is 22.5 Å². The van der Waals surface area contributed by atoms with Crippen molar-refractivity contribution < 1.29 is 0 Å². The Morgan fingerprint density at radius 2 is 1.96 bits per heavy atom. The first-order chi connectivity index (χ1) is 13.2. The molecule has 2 fully saturated rings. The summed E-state index contributed by atoms with van der Waals surface area (Å²) in [4.78, 5) is 9.95. The molecular weight excluding hydrogens is 354 g/mol. The monoisotopic (exact) mass is 391 g/mol. The lowest BCUT2D eigenvalue weighted by molar-refractivity contribution is 0.191. The van der Waals surface area contributed by atoms with Crippen LogP contribution >= 0.6 is 11.3 Å². The van der Waals surface area contributed by atoms with E-state index in [1.54, 1.807) is 0 Å². The Morgan fingerprint density at radius 3 is 2.63 bits per heavy atom. The van der Waals surface area contributed by atoms with E-state index in [1.807, 2.05) is 11.3 Å². The second kappa shape index (κ2) is 10.9. The van der Waals surface area contributed by atoms with E-state index in [0.717, 1.165) is 44.5 Å². The van der Waals surface area contributed by atoms with Crippen molar-refractivity contribution in [3.63, 3.8) is 0 Å². The highest BCUT2D eigenvalue weighted by Gasteiger charge is 2.20. The highest BCUT2D eigenvalue weighted by atomic mass is 32.1. The van der Waals surface area contributed by atoms with Crippen molar-refractivity contribution in [2.75, 3.05) is 50.7 Å². The van der Waals surface area contributed by atoms with Gasteiger partial charge in [-0.3, -0.25) is 4.99 Å². The third-order valence-electron chi connectivity index (χ3n) is 5.78. The molecule has 0 amide bonds. The summed E-state index contributed by atoms with van der Waals surface area (Å²) in [6, 6.07) is 4.90. The number of anilines is 1. The number of likely N-dealkylation sites (tertiary alicyclic amines) is 1. The number of nitrogens with zero attached hydrogens (tertiary/aromatic N) is 3. The van der Waals surface area contributed by atoms with Crippen molar-refractivity contribution in [1.82, 2.24) is 15.5 Å². The molecule has 6 heteroatoms. The van der Waals surface area contributed by atoms with E-state index in [1.165, 1.54) is 50.3 Å². The molecule has 2 aliphatic heterocycles. The van der Waals surface area contributed by atoms with Gasteiger partial charge < -0.3 is 20.4 Å². The summed E-state index contributed by atoms with van der Waals surface area (Å²) in [5.41, 5.74) is 0. The smallest absolute Gasteiger partial charge is 0.191 e. The predicted octanol–water partition coefficient (Wildman–Crippen LogP) is 3.39. The van der Waals surface area contributed by atoms with Crippen LogP contribution < -0.4 is 15.5 Å². The fourth-order valence-electron chi connectivity index (χ4n) is 3.98. The average Bonchev–Trinajstić information content (AvgIpc) is 3.22. The minimum absolute atomic E-state index is 0.530. The largest absolute Gasteiger partial charge is 0.363 e. The van der Waals surface area contributed by atoms with Crippen molar-refractivity contribution in [3.05, 3.63) is 17.5 Å². The maximum Gasteiger partial charge on any atom is 0.191 e. The van der Waals surface area contributed by atoms with E-state index in [9.17, 15) is 0 Å². The van der Waals surface area contributed by atoms with E-state index < -0.39 is 0 Å². The second-order valence-electron chi connectivity index (χ2n) is 8.00. The van der Waals surface area contributed by atoms with E-state index in [4.69, 9.17) is 4.99 Å². The van der Waals surface area contributed by atoms with Crippen LogP contribution in [0, 0.1) is 5.92 Å². The average molecular weight is 392 g/mol. The summed E-state index contributed by atoms with van der Waals surface area (Å²) in [5, 5.41) is 10.7. The maximum atomic E-state index is 4.83. The molecule has 0 radical (unpaired) electrons. The zero-order chi connectivity index (χ0) is 18.9. The Bertz CT molecular complexity index is 543. The highest BCUT2D eigenvalue weighted by Crippen LogP contribution is 2.24. The number of thiophene rings is 1. The van der Waals surface area contributed by atoms with Crippen molar-refractivity contribution >= 4 is 22.3 Å². The number of hydrogen-bond acceptors (Lipinski definition) is 4. The molecule has 0 aromatic carbocycles. The van der Waals surface area contributed by atoms with Gasteiger partial charge in [0.1, 0.15) is 0 Å². The van der Waals surface area contributed by atoms with Gasteiger partial charge in [0.25, 0.3) is 0 Å². The van der Waals surface area contributed by atoms with Gasteiger partial charge in [-0.05, 0) is 82.1 Å². The van der Waals surface area contributed by atoms with Gasteiger partial charge in [0, 0.05) is 32.2 Å². The van der Waals surface area contributed by atoms with Crippen LogP contribution in [0.25, 0.3) is 0 Å². The van der Waals surface area contributed by atoms with E-state index in [0.29, 0.717) is 6.04 Å². The number of piperidine rings is 2. The standard InChI is InChI=1S/C21H37N5S/c1-3-22-21(23-11-5-12-25-13-7-18(2)8-14-25)24-19-9-15-26(16-10-19)20-6-4-17-27-20/h4,6,17-19H,3,5,7-16H2,1-2H3,(H2,22,23,24). The fourth-order valence-corrected chi connectivity index (χ4v) is 4.76. The minimum atomic E-state index is 0.530. The molecule has 3 heterocycles. The molecule has 152 valence electrons. The lowest BCUT2D eigenvalue weighted by Gasteiger charge is -2.33. The Kier molecular flexibility index (Phi) is 8.27. The van der Waals surface area contributed by atoms with Crippen LogP contribution in [0.4, 0.5) is 5.00 Å². The topological polar surface area (TPSA) is 42.9 Å². The third kappa shape index (κ3) is 6.68. The van der Waals surface area contributed by atoms with Gasteiger partial charge in [-0.25, -0.2) is 0 Å². The summed E-state index contributed by atoms with van der Waals surface area (Å²) in [6.07, 6.45) is 6.22. The van der Waals surface area contributed by atoms with Crippen LogP contribution in [-0.4, -0.2) is 62.7 Å². The predicted molar refractivity (Wildman–Crippen MR) is 118 cm³/mol. The van der Waals surface area contributed by atoms with Gasteiger partial charge in [0.05, 0.1) is 5.00 Å². The van der Waals surface area contributed by atoms with E-state index in [-0.39, 0.29) is 0 Å². The first-order valence-electron chi connectivity index (χ1n) is 10.8. The van der Waals surface area contributed by atoms with Crippen molar-refractivity contribution in [3.8, 4) is 0 Å². The Morgan fingerprint density at radius 1 is 1.19 bits per heavy atom. The summed E-state index contributed by atoms with van der Waals surface area (Å²) < 4.78 is 0. The molecule has 0 unspecified atom stereocenters. The normalized spacial score (nSPS) is 20.8. The molecule has 0 aliphatic carbocycles. The van der Waals surface area contributed by atoms with E-state index in [2.05, 4.69) is 51.8 Å². The summed E-state index contributed by atoms with van der Waals surface area (Å²) >= 11 is 1.84. The molecular formula is C21H37N5S. The molecule has 27 heavy (non-hydrogen) atoms. The molecule has 3 rings (SSSR count). The zero-order valence-electron chi connectivity index (χ0n) is 17.1. The van der Waals surface area contributed by atoms with Crippen LogP contribution in [0.3, 0.4) is 0 Å². The Balaban J connectivity index is 1.37.